The molecule has 2 rings (SSSR count). The van der Waals surface area contributed by atoms with Gasteiger partial charge in [-0.15, -0.1) is 17.9 Å². The van der Waals surface area contributed by atoms with Crippen molar-refractivity contribution in [2.45, 2.75) is 25.2 Å². The van der Waals surface area contributed by atoms with Crippen LogP contribution in [0, 0.1) is 11.3 Å². The van der Waals surface area contributed by atoms with Crippen LogP contribution in [0.25, 0.3) is 0 Å². The van der Waals surface area contributed by atoms with Crippen LogP contribution in [0.5, 0.6) is 0 Å². The Morgan fingerprint density at radius 1 is 1.64 bits per heavy atom. The lowest BCUT2D eigenvalue weighted by Crippen LogP contribution is -2.06. The summed E-state index contributed by atoms with van der Waals surface area (Å²) in [6.45, 7) is 3.82. The molecule has 0 spiro atoms. The number of anilines is 1. The van der Waals surface area contributed by atoms with E-state index < -0.39 is 0 Å². The molecule has 1 aliphatic carbocycles. The third kappa shape index (κ3) is 1.23. The molecule has 1 aromatic rings. The Hall–Kier alpha value is -1.27. The van der Waals surface area contributed by atoms with Crippen molar-refractivity contribution in [2.75, 3.05) is 5.73 Å². The Morgan fingerprint density at radius 2 is 2.43 bits per heavy atom. The molecule has 0 radical (unpaired) electrons. The molecule has 1 aromatic heterocycles. The molecule has 0 unspecified atom stereocenters. The van der Waals surface area contributed by atoms with Gasteiger partial charge >= 0.3 is 0 Å². The molecule has 1 aliphatic rings. The minimum Gasteiger partial charge on any atom is -0.389 e. The third-order valence-corrected chi connectivity index (χ3v) is 3.83. The van der Waals surface area contributed by atoms with E-state index in [1.165, 1.54) is 11.3 Å². The van der Waals surface area contributed by atoms with Gasteiger partial charge in [-0.05, 0) is 24.8 Å². The topological polar surface area (TPSA) is 49.8 Å². The summed E-state index contributed by atoms with van der Waals surface area (Å²) >= 11 is 1.57. The quantitative estimate of drug-likeness (QED) is 0.715. The lowest BCUT2D eigenvalue weighted by Gasteiger charge is -2.19. The molecule has 72 valence electrons. The molecule has 0 aliphatic heterocycles. The fraction of sp³-hybridized carbons (Fsp3) is 0.364. The Labute approximate surface area is 87.7 Å². The van der Waals surface area contributed by atoms with E-state index in [0.29, 0.717) is 16.5 Å². The van der Waals surface area contributed by atoms with Crippen LogP contribution in [-0.4, -0.2) is 0 Å². The van der Waals surface area contributed by atoms with Crippen molar-refractivity contribution in [3.63, 3.8) is 0 Å². The highest BCUT2D eigenvalue weighted by Gasteiger charge is 2.25. The minimum absolute atomic E-state index is 0.335. The van der Waals surface area contributed by atoms with E-state index in [-0.39, 0.29) is 0 Å². The zero-order valence-corrected chi connectivity index (χ0v) is 8.73. The van der Waals surface area contributed by atoms with Crippen molar-refractivity contribution in [3.05, 3.63) is 28.7 Å². The summed E-state index contributed by atoms with van der Waals surface area (Å²) in [6, 6.07) is 2.21. The number of thiophene rings is 1. The third-order valence-electron chi connectivity index (χ3n) is 2.74. The first kappa shape index (κ1) is 9.29. The van der Waals surface area contributed by atoms with E-state index >= 15 is 0 Å². The predicted molar refractivity (Wildman–Crippen MR) is 59.3 cm³/mol. The number of nitriles is 1. The molecule has 0 bridgehead atoms. The van der Waals surface area contributed by atoms with Crippen LogP contribution >= 0.6 is 11.3 Å². The van der Waals surface area contributed by atoms with Crippen LogP contribution in [0.15, 0.2) is 12.7 Å². The Morgan fingerprint density at radius 3 is 3.07 bits per heavy atom. The molecule has 1 atom stereocenters. The first-order valence-corrected chi connectivity index (χ1v) is 5.53. The van der Waals surface area contributed by atoms with E-state index in [9.17, 15) is 0 Å². The van der Waals surface area contributed by atoms with Gasteiger partial charge in [0.05, 0.1) is 5.56 Å². The summed E-state index contributed by atoms with van der Waals surface area (Å²) in [7, 11) is 0. The number of allylic oxidation sites excluding steroid dienone is 1. The van der Waals surface area contributed by atoms with Crippen molar-refractivity contribution in [3.8, 4) is 6.07 Å². The summed E-state index contributed by atoms with van der Waals surface area (Å²) in [5.41, 5.74) is 7.65. The van der Waals surface area contributed by atoms with Crippen molar-refractivity contribution in [2.24, 2.45) is 0 Å². The molecule has 0 saturated carbocycles. The summed E-state index contributed by atoms with van der Waals surface area (Å²) in [6.07, 6.45) is 5.27. The maximum atomic E-state index is 9.02. The number of nitrogens with two attached hydrogens (primary N) is 1. The average molecular weight is 204 g/mol. The summed E-state index contributed by atoms with van der Waals surface area (Å²) in [4.78, 5) is 1.29. The highest BCUT2D eigenvalue weighted by Crippen LogP contribution is 2.42. The molecule has 2 N–H and O–H groups in total. The second-order valence-corrected chi connectivity index (χ2v) is 4.66. The molecule has 2 nitrogen and oxygen atoms in total. The number of rotatable bonds is 1. The fourth-order valence-electron chi connectivity index (χ4n) is 2.07. The second kappa shape index (κ2) is 3.47. The molecular formula is C11H12N2S. The van der Waals surface area contributed by atoms with Crippen LogP contribution in [0.1, 0.15) is 34.8 Å². The molecule has 1 heterocycles. The lowest BCUT2D eigenvalue weighted by molar-refractivity contribution is 0.638. The normalized spacial score (nSPS) is 19.8. The van der Waals surface area contributed by atoms with Gasteiger partial charge in [-0.1, -0.05) is 6.08 Å². The SMILES string of the molecule is C=C[C@H]1CCCc2sc(N)c(C#N)c21. The fourth-order valence-corrected chi connectivity index (χ4v) is 3.20. The summed E-state index contributed by atoms with van der Waals surface area (Å²) < 4.78 is 0. The molecule has 0 amide bonds. The van der Waals surface area contributed by atoms with E-state index in [0.717, 1.165) is 18.4 Å². The number of hydrogen-bond donors (Lipinski definition) is 1. The number of nitrogens with zero attached hydrogens (tertiary/aromatic N) is 1. The van der Waals surface area contributed by atoms with Gasteiger partial charge in [0.25, 0.3) is 0 Å². The smallest absolute Gasteiger partial charge is 0.104 e. The summed E-state index contributed by atoms with van der Waals surface area (Å²) in [5, 5.41) is 9.69. The zero-order chi connectivity index (χ0) is 10.1. The van der Waals surface area contributed by atoms with Crippen molar-refractivity contribution in [1.82, 2.24) is 0 Å². The highest BCUT2D eigenvalue weighted by molar-refractivity contribution is 7.16. The van der Waals surface area contributed by atoms with E-state index in [4.69, 9.17) is 11.0 Å². The standard InChI is InChI=1S/C11H12N2S/c1-2-7-4-3-5-9-10(7)8(6-12)11(13)14-9/h2,7H,1,3-5,13H2/t7-/m0/s1. The lowest BCUT2D eigenvalue weighted by atomic mass is 9.85. The van der Waals surface area contributed by atoms with E-state index in [1.54, 1.807) is 11.3 Å². The highest BCUT2D eigenvalue weighted by atomic mass is 32.1. The first-order chi connectivity index (χ1) is 6.77. The van der Waals surface area contributed by atoms with Crippen LogP contribution in [-0.2, 0) is 6.42 Å². The molecular weight excluding hydrogens is 192 g/mol. The Bertz CT molecular complexity index is 412. The molecule has 0 fully saturated rings. The number of fused-ring (bicyclic) bond motifs is 1. The average Bonchev–Trinajstić information content (AvgIpc) is 2.52. The van der Waals surface area contributed by atoms with E-state index in [1.807, 2.05) is 6.08 Å². The Balaban J connectivity index is 2.60. The monoisotopic (exact) mass is 204 g/mol. The molecule has 14 heavy (non-hydrogen) atoms. The maximum Gasteiger partial charge on any atom is 0.104 e. The van der Waals surface area contributed by atoms with Crippen LogP contribution < -0.4 is 5.73 Å². The van der Waals surface area contributed by atoms with Gasteiger partial charge in [-0.25, -0.2) is 0 Å². The number of nitrogen functional groups attached to an aromatic ring is 1. The predicted octanol–water partition coefficient (Wildman–Crippen LogP) is 2.81. The van der Waals surface area contributed by atoms with Crippen molar-refractivity contribution in [1.29, 1.82) is 5.26 Å². The van der Waals surface area contributed by atoms with Crippen LogP contribution in [0.3, 0.4) is 0 Å². The largest absolute Gasteiger partial charge is 0.389 e. The van der Waals surface area contributed by atoms with Gasteiger partial charge in [0.15, 0.2) is 0 Å². The van der Waals surface area contributed by atoms with Gasteiger partial charge in [-0.2, -0.15) is 5.26 Å². The van der Waals surface area contributed by atoms with Gasteiger partial charge in [0, 0.05) is 10.8 Å². The summed E-state index contributed by atoms with van der Waals surface area (Å²) in [5.74, 6) is 0.335. The minimum atomic E-state index is 0.335. The Kier molecular flexibility index (Phi) is 2.30. The van der Waals surface area contributed by atoms with Crippen LogP contribution in [0.4, 0.5) is 5.00 Å². The van der Waals surface area contributed by atoms with Gasteiger partial charge in [0.2, 0.25) is 0 Å². The van der Waals surface area contributed by atoms with E-state index in [2.05, 4.69) is 12.6 Å². The number of aryl methyl sites for hydroxylation is 1. The zero-order valence-electron chi connectivity index (χ0n) is 7.92. The van der Waals surface area contributed by atoms with Crippen molar-refractivity contribution < 1.29 is 0 Å². The van der Waals surface area contributed by atoms with Crippen molar-refractivity contribution >= 4 is 16.3 Å². The first-order valence-electron chi connectivity index (χ1n) is 4.71. The molecule has 3 heteroatoms. The number of hydrogen-bond acceptors (Lipinski definition) is 3. The van der Waals surface area contributed by atoms with Gasteiger partial charge < -0.3 is 5.73 Å². The van der Waals surface area contributed by atoms with Gasteiger partial charge in [0.1, 0.15) is 11.1 Å². The maximum absolute atomic E-state index is 9.02. The van der Waals surface area contributed by atoms with Crippen LogP contribution in [0.2, 0.25) is 0 Å². The molecule has 0 saturated heterocycles. The van der Waals surface area contributed by atoms with Gasteiger partial charge in [-0.3, -0.25) is 0 Å². The second-order valence-electron chi connectivity index (χ2n) is 3.52. The molecule has 0 aromatic carbocycles.